The lowest BCUT2D eigenvalue weighted by atomic mass is 9.71. The predicted molar refractivity (Wildman–Crippen MR) is 194 cm³/mol. The Labute approximate surface area is 295 Å². The summed E-state index contributed by atoms with van der Waals surface area (Å²) in [5.41, 5.74) is 1.69. The summed E-state index contributed by atoms with van der Waals surface area (Å²) >= 11 is 12.8. The van der Waals surface area contributed by atoms with Crippen LogP contribution in [0.5, 0.6) is 5.75 Å². The second kappa shape index (κ2) is 14.1. The van der Waals surface area contributed by atoms with Crippen molar-refractivity contribution in [3.8, 4) is 5.75 Å². The number of aliphatic imine (C=N–C) groups is 1. The SMILES string of the molecule is CCOc1cc(C(C)(C)C)ccc1C1=N[C@@](C)(c2ccc(Cl)cc2)[C@@](C)(c2ccc(Cl)cc2)N1C(=O)N1CCN(CCNC(C)=O)CC1. The Kier molecular flexibility index (Phi) is 10.5. The van der Waals surface area contributed by atoms with Gasteiger partial charge in [0.1, 0.15) is 22.7 Å². The molecule has 1 saturated heterocycles. The Morgan fingerprint density at radius 1 is 0.896 bits per heavy atom. The molecule has 2 heterocycles. The van der Waals surface area contributed by atoms with Crippen LogP contribution < -0.4 is 10.1 Å². The van der Waals surface area contributed by atoms with E-state index in [0.29, 0.717) is 61.0 Å². The normalized spacial score (nSPS) is 21.6. The van der Waals surface area contributed by atoms with Crippen molar-refractivity contribution in [3.05, 3.63) is 99.0 Å². The number of nitrogens with zero attached hydrogens (tertiary/aromatic N) is 4. The zero-order chi connectivity index (χ0) is 34.9. The van der Waals surface area contributed by atoms with Crippen molar-refractivity contribution in [2.45, 2.75) is 65.0 Å². The van der Waals surface area contributed by atoms with Gasteiger partial charge in [-0.15, -0.1) is 0 Å². The number of benzene rings is 3. The highest BCUT2D eigenvalue weighted by Gasteiger charge is 2.60. The Bertz CT molecular complexity index is 1660. The Morgan fingerprint density at radius 3 is 2.02 bits per heavy atom. The van der Waals surface area contributed by atoms with Gasteiger partial charge in [0.15, 0.2) is 0 Å². The first-order valence-electron chi connectivity index (χ1n) is 16.6. The third-order valence-corrected chi connectivity index (χ3v) is 10.3. The zero-order valence-electron chi connectivity index (χ0n) is 29.1. The van der Waals surface area contributed by atoms with Gasteiger partial charge in [-0.2, -0.15) is 0 Å². The van der Waals surface area contributed by atoms with Gasteiger partial charge in [-0.1, -0.05) is 74.3 Å². The van der Waals surface area contributed by atoms with Gasteiger partial charge in [0.05, 0.1) is 12.2 Å². The number of ether oxygens (including phenoxy) is 1. The highest BCUT2D eigenvalue weighted by atomic mass is 35.5. The van der Waals surface area contributed by atoms with Crippen molar-refractivity contribution in [2.75, 3.05) is 45.9 Å². The number of hydrogen-bond acceptors (Lipinski definition) is 5. The lowest BCUT2D eigenvalue weighted by Crippen LogP contribution is -2.61. The molecule has 0 bridgehead atoms. The van der Waals surface area contributed by atoms with E-state index in [0.717, 1.165) is 28.8 Å². The third kappa shape index (κ3) is 6.93. The fourth-order valence-electron chi connectivity index (χ4n) is 6.71. The number of hydrogen-bond donors (Lipinski definition) is 1. The van der Waals surface area contributed by atoms with Crippen LogP contribution in [0.15, 0.2) is 71.7 Å². The molecule has 0 aliphatic carbocycles. The van der Waals surface area contributed by atoms with E-state index in [2.05, 4.69) is 57.0 Å². The summed E-state index contributed by atoms with van der Waals surface area (Å²) in [7, 11) is 0. The number of nitrogens with one attached hydrogen (secondary N) is 1. The maximum absolute atomic E-state index is 15.1. The molecule has 48 heavy (non-hydrogen) atoms. The van der Waals surface area contributed by atoms with Gasteiger partial charge in [0.2, 0.25) is 5.91 Å². The zero-order valence-corrected chi connectivity index (χ0v) is 30.6. The first-order chi connectivity index (χ1) is 22.7. The van der Waals surface area contributed by atoms with E-state index in [1.165, 1.54) is 6.92 Å². The summed E-state index contributed by atoms with van der Waals surface area (Å²) in [6, 6.07) is 21.5. The lowest BCUT2D eigenvalue weighted by Gasteiger charge is -2.47. The molecule has 256 valence electrons. The molecule has 10 heteroatoms. The van der Waals surface area contributed by atoms with Gasteiger partial charge in [0, 0.05) is 56.2 Å². The van der Waals surface area contributed by atoms with Crippen LogP contribution in [0.25, 0.3) is 0 Å². The molecule has 0 saturated carbocycles. The lowest BCUT2D eigenvalue weighted by molar-refractivity contribution is -0.119. The van der Waals surface area contributed by atoms with Crippen LogP contribution in [-0.2, 0) is 21.3 Å². The molecule has 0 aromatic heterocycles. The van der Waals surface area contributed by atoms with E-state index < -0.39 is 11.1 Å². The van der Waals surface area contributed by atoms with E-state index >= 15 is 4.79 Å². The van der Waals surface area contributed by atoms with Crippen LogP contribution >= 0.6 is 23.2 Å². The monoisotopic (exact) mass is 691 g/mol. The largest absolute Gasteiger partial charge is 0.493 e. The van der Waals surface area contributed by atoms with Crippen LogP contribution in [0.1, 0.15) is 70.7 Å². The first-order valence-corrected chi connectivity index (χ1v) is 17.4. The second-order valence-corrected chi connectivity index (χ2v) is 14.8. The van der Waals surface area contributed by atoms with E-state index in [9.17, 15) is 4.79 Å². The molecule has 0 unspecified atom stereocenters. The summed E-state index contributed by atoms with van der Waals surface area (Å²) in [5.74, 6) is 1.19. The standard InChI is InChI=1S/C38H47Cl2N5O3/c1-8-48-33-25-29(36(3,4)5)13-18-32(33)34-42-37(6,27-9-14-30(39)15-10-27)38(7,28-11-16-31(40)17-12-28)45(34)35(47)44-23-21-43(22-24-44)20-19-41-26(2)46/h9-18,25H,8,19-24H2,1-7H3,(H,41,46)/t37-,38+/m0/s1. The summed E-state index contributed by atoms with van der Waals surface area (Å²) in [6.45, 7) is 18.4. The highest BCUT2D eigenvalue weighted by Crippen LogP contribution is 2.54. The van der Waals surface area contributed by atoms with Crippen LogP contribution in [-0.4, -0.2) is 78.3 Å². The Morgan fingerprint density at radius 2 is 1.48 bits per heavy atom. The number of amides is 3. The molecule has 0 spiro atoms. The predicted octanol–water partition coefficient (Wildman–Crippen LogP) is 7.46. The summed E-state index contributed by atoms with van der Waals surface area (Å²) < 4.78 is 6.30. The van der Waals surface area contributed by atoms with E-state index in [4.69, 9.17) is 32.9 Å². The second-order valence-electron chi connectivity index (χ2n) is 13.9. The van der Waals surface area contributed by atoms with Gasteiger partial charge in [-0.3, -0.25) is 19.6 Å². The van der Waals surface area contributed by atoms with Gasteiger partial charge >= 0.3 is 6.03 Å². The van der Waals surface area contributed by atoms with Gasteiger partial charge in [-0.05, 0) is 79.3 Å². The van der Waals surface area contributed by atoms with Crippen molar-refractivity contribution in [1.29, 1.82) is 0 Å². The number of amidine groups is 1. The number of urea groups is 1. The average molecular weight is 693 g/mol. The molecule has 1 fully saturated rings. The summed E-state index contributed by atoms with van der Waals surface area (Å²) in [4.78, 5) is 38.1. The molecular formula is C38H47Cl2N5O3. The quantitative estimate of drug-likeness (QED) is 0.266. The molecule has 3 aromatic rings. The minimum Gasteiger partial charge on any atom is -0.493 e. The smallest absolute Gasteiger partial charge is 0.326 e. The van der Waals surface area contributed by atoms with E-state index in [1.54, 1.807) is 0 Å². The number of halogens is 2. The number of carbonyl (C=O) groups excluding carboxylic acids is 2. The fraction of sp³-hybridized carbons (Fsp3) is 0.447. The molecule has 3 aromatic carbocycles. The highest BCUT2D eigenvalue weighted by molar-refractivity contribution is 6.30. The molecule has 0 radical (unpaired) electrons. The first kappa shape index (κ1) is 35.7. The number of carbonyl (C=O) groups is 2. The molecule has 2 aliphatic rings. The summed E-state index contributed by atoms with van der Waals surface area (Å²) in [6.07, 6.45) is 0. The molecule has 2 aliphatic heterocycles. The topological polar surface area (TPSA) is 77.5 Å². The van der Waals surface area contributed by atoms with Crippen molar-refractivity contribution in [2.24, 2.45) is 4.99 Å². The maximum Gasteiger partial charge on any atom is 0.326 e. The minimum atomic E-state index is -0.980. The molecular weight excluding hydrogens is 645 g/mol. The molecule has 1 N–H and O–H groups in total. The fourth-order valence-corrected chi connectivity index (χ4v) is 6.96. The van der Waals surface area contributed by atoms with Crippen LogP contribution in [0.3, 0.4) is 0 Å². The van der Waals surface area contributed by atoms with Crippen LogP contribution in [0.4, 0.5) is 4.79 Å². The maximum atomic E-state index is 15.1. The van der Waals surface area contributed by atoms with Gasteiger partial charge in [0.25, 0.3) is 0 Å². The number of rotatable bonds is 8. The van der Waals surface area contributed by atoms with Crippen molar-refractivity contribution >= 4 is 41.0 Å². The van der Waals surface area contributed by atoms with Crippen molar-refractivity contribution in [3.63, 3.8) is 0 Å². The molecule has 8 nitrogen and oxygen atoms in total. The van der Waals surface area contributed by atoms with E-state index in [1.807, 2.05) is 71.3 Å². The minimum absolute atomic E-state index is 0.0446. The average Bonchev–Trinajstić information content (AvgIpc) is 3.29. The van der Waals surface area contributed by atoms with Crippen LogP contribution in [0.2, 0.25) is 10.0 Å². The van der Waals surface area contributed by atoms with Crippen LogP contribution in [0, 0.1) is 0 Å². The van der Waals surface area contributed by atoms with Gasteiger partial charge < -0.3 is 15.0 Å². The molecule has 2 atom stereocenters. The molecule has 5 rings (SSSR count). The van der Waals surface area contributed by atoms with E-state index in [-0.39, 0.29) is 17.4 Å². The van der Waals surface area contributed by atoms with Gasteiger partial charge in [-0.25, -0.2) is 4.79 Å². The van der Waals surface area contributed by atoms with Crippen molar-refractivity contribution in [1.82, 2.24) is 20.0 Å². The molecule has 3 amide bonds. The van der Waals surface area contributed by atoms with Crippen molar-refractivity contribution < 1.29 is 14.3 Å². The Hall–Kier alpha value is -3.59. The third-order valence-electron chi connectivity index (χ3n) is 9.77. The number of piperazine rings is 1. The Balaban J connectivity index is 1.67. The summed E-state index contributed by atoms with van der Waals surface area (Å²) in [5, 5.41) is 4.10.